The molecule has 2 bridgehead atoms. The van der Waals surface area contributed by atoms with E-state index in [9.17, 15) is 4.79 Å². The molecule has 1 heterocycles. The normalized spacial score (nSPS) is 29.6. The molecule has 1 saturated heterocycles. The molecule has 2 aliphatic rings. The Labute approximate surface area is 127 Å². The van der Waals surface area contributed by atoms with E-state index in [1.807, 2.05) is 19.1 Å². The maximum atomic E-state index is 12.3. The van der Waals surface area contributed by atoms with Gasteiger partial charge in [0, 0.05) is 11.5 Å². The number of carbonyl (C=O) groups excluding carboxylic acids is 1. The molecule has 0 amide bonds. The lowest BCUT2D eigenvalue weighted by Gasteiger charge is -2.57. The van der Waals surface area contributed by atoms with Crippen LogP contribution in [-0.2, 0) is 16.6 Å². The first-order valence-corrected chi connectivity index (χ1v) is 7.94. The zero-order chi connectivity index (χ0) is 15.3. The minimum Gasteiger partial charge on any atom is -0.462 e. The van der Waals surface area contributed by atoms with Crippen LogP contribution < -0.4 is 5.32 Å². The minimum atomic E-state index is -0.185. The highest BCUT2D eigenvalue weighted by Gasteiger charge is 2.53. The van der Waals surface area contributed by atoms with Gasteiger partial charge in [0.2, 0.25) is 0 Å². The van der Waals surface area contributed by atoms with Crippen molar-refractivity contribution in [3.05, 3.63) is 34.9 Å². The molecule has 1 N–H and O–H groups in total. The Morgan fingerprint density at radius 2 is 2.14 bits per heavy atom. The molecule has 114 valence electrons. The third-order valence-corrected chi connectivity index (χ3v) is 5.98. The van der Waals surface area contributed by atoms with E-state index < -0.39 is 0 Å². The summed E-state index contributed by atoms with van der Waals surface area (Å²) in [7, 11) is 0. The van der Waals surface area contributed by atoms with Gasteiger partial charge in [0.15, 0.2) is 0 Å². The van der Waals surface area contributed by atoms with Crippen molar-refractivity contribution in [3.63, 3.8) is 0 Å². The summed E-state index contributed by atoms with van der Waals surface area (Å²) >= 11 is 0. The van der Waals surface area contributed by atoms with Gasteiger partial charge in [-0.15, -0.1) is 0 Å². The predicted molar refractivity (Wildman–Crippen MR) is 83.6 cm³/mol. The van der Waals surface area contributed by atoms with Gasteiger partial charge in [-0.25, -0.2) is 4.79 Å². The van der Waals surface area contributed by atoms with Gasteiger partial charge < -0.3 is 10.1 Å². The minimum absolute atomic E-state index is 0.110. The monoisotopic (exact) mass is 287 g/mol. The Bertz CT molecular complexity index is 579. The van der Waals surface area contributed by atoms with Crippen LogP contribution in [-0.4, -0.2) is 25.2 Å². The van der Waals surface area contributed by atoms with E-state index in [-0.39, 0.29) is 16.8 Å². The van der Waals surface area contributed by atoms with Gasteiger partial charge in [0.25, 0.3) is 0 Å². The second kappa shape index (κ2) is 4.84. The van der Waals surface area contributed by atoms with E-state index in [2.05, 4.69) is 32.2 Å². The van der Waals surface area contributed by atoms with Gasteiger partial charge in [0.05, 0.1) is 12.2 Å². The van der Waals surface area contributed by atoms with Crippen LogP contribution in [0.25, 0.3) is 0 Å². The van der Waals surface area contributed by atoms with E-state index in [1.54, 1.807) is 0 Å². The summed E-state index contributed by atoms with van der Waals surface area (Å²) in [5.74, 6) is -0.185. The number of hydrogen-bond donors (Lipinski definition) is 1. The molecule has 0 aromatic heterocycles. The van der Waals surface area contributed by atoms with Gasteiger partial charge in [-0.1, -0.05) is 32.9 Å². The second-order valence-corrected chi connectivity index (χ2v) is 7.07. The second-order valence-electron chi connectivity index (χ2n) is 7.07. The molecule has 3 nitrogen and oxygen atoms in total. The molecular weight excluding hydrogens is 262 g/mol. The number of fused-ring (bicyclic) bond motifs is 4. The van der Waals surface area contributed by atoms with E-state index >= 15 is 0 Å². The Hall–Kier alpha value is -1.35. The highest BCUT2D eigenvalue weighted by molar-refractivity contribution is 5.91. The Balaban J connectivity index is 2.15. The largest absolute Gasteiger partial charge is 0.462 e. The summed E-state index contributed by atoms with van der Waals surface area (Å²) in [4.78, 5) is 12.3. The SMILES string of the molecule is CCOC(=O)c1cccc2c1CC1NCCC2(C)C1(C)C. The maximum absolute atomic E-state index is 12.3. The molecular formula is C18H25NO2. The van der Waals surface area contributed by atoms with Crippen molar-refractivity contribution in [2.75, 3.05) is 13.2 Å². The molecule has 0 saturated carbocycles. The lowest BCUT2D eigenvalue weighted by molar-refractivity contribution is 0.0485. The molecule has 0 radical (unpaired) electrons. The third-order valence-electron chi connectivity index (χ3n) is 5.98. The molecule has 21 heavy (non-hydrogen) atoms. The quantitative estimate of drug-likeness (QED) is 0.850. The molecule has 1 aliphatic carbocycles. The average Bonchev–Trinajstić information content (AvgIpc) is 2.42. The first-order chi connectivity index (χ1) is 9.91. The lowest BCUT2D eigenvalue weighted by atomic mass is 9.51. The van der Waals surface area contributed by atoms with Crippen molar-refractivity contribution < 1.29 is 9.53 Å². The van der Waals surface area contributed by atoms with E-state index in [0.29, 0.717) is 12.6 Å². The predicted octanol–water partition coefficient (Wildman–Crippen LogP) is 3.07. The molecule has 1 aromatic carbocycles. The Morgan fingerprint density at radius 1 is 1.38 bits per heavy atom. The van der Waals surface area contributed by atoms with Gasteiger partial charge in [0.1, 0.15) is 0 Å². The first kappa shape index (κ1) is 14.6. The fourth-order valence-corrected chi connectivity index (χ4v) is 4.20. The summed E-state index contributed by atoms with van der Waals surface area (Å²) in [6.45, 7) is 10.4. The number of carbonyl (C=O) groups is 1. The van der Waals surface area contributed by atoms with Gasteiger partial charge in [-0.3, -0.25) is 0 Å². The van der Waals surface area contributed by atoms with Crippen LogP contribution in [0, 0.1) is 5.41 Å². The first-order valence-electron chi connectivity index (χ1n) is 7.94. The fourth-order valence-electron chi connectivity index (χ4n) is 4.20. The molecule has 2 unspecified atom stereocenters. The Morgan fingerprint density at radius 3 is 2.86 bits per heavy atom. The van der Waals surface area contributed by atoms with Crippen molar-refractivity contribution in [1.29, 1.82) is 0 Å². The zero-order valence-corrected chi connectivity index (χ0v) is 13.5. The number of rotatable bonds is 2. The van der Waals surface area contributed by atoms with Gasteiger partial charge >= 0.3 is 5.97 Å². The van der Waals surface area contributed by atoms with E-state index in [1.165, 1.54) is 11.1 Å². The average molecular weight is 287 g/mol. The van der Waals surface area contributed by atoms with Gasteiger partial charge in [-0.05, 0) is 48.9 Å². The molecule has 3 heteroatoms. The van der Waals surface area contributed by atoms with Crippen LogP contribution in [0.15, 0.2) is 18.2 Å². The summed E-state index contributed by atoms with van der Waals surface area (Å²) in [6.07, 6.45) is 2.02. The number of ether oxygens (including phenoxy) is 1. The molecule has 1 aromatic rings. The summed E-state index contributed by atoms with van der Waals surface area (Å²) in [5.41, 5.74) is 3.58. The number of hydrogen-bond acceptors (Lipinski definition) is 3. The van der Waals surface area contributed by atoms with Crippen molar-refractivity contribution in [2.24, 2.45) is 5.41 Å². The molecule has 1 aliphatic heterocycles. The molecule has 3 rings (SSSR count). The van der Waals surface area contributed by atoms with Crippen molar-refractivity contribution >= 4 is 5.97 Å². The molecule has 2 atom stereocenters. The number of esters is 1. The topological polar surface area (TPSA) is 38.3 Å². The number of benzene rings is 1. The zero-order valence-electron chi connectivity index (χ0n) is 13.5. The van der Waals surface area contributed by atoms with Crippen LogP contribution in [0.3, 0.4) is 0 Å². The van der Waals surface area contributed by atoms with Crippen molar-refractivity contribution in [1.82, 2.24) is 5.32 Å². The lowest BCUT2D eigenvalue weighted by Crippen LogP contribution is -2.62. The summed E-state index contributed by atoms with van der Waals surface area (Å²) < 4.78 is 5.24. The van der Waals surface area contributed by atoms with E-state index in [0.717, 1.165) is 24.9 Å². The number of nitrogens with one attached hydrogen (secondary N) is 1. The van der Waals surface area contributed by atoms with Crippen LogP contribution in [0.2, 0.25) is 0 Å². The van der Waals surface area contributed by atoms with E-state index in [4.69, 9.17) is 4.74 Å². The van der Waals surface area contributed by atoms with Crippen molar-refractivity contribution in [2.45, 2.75) is 52.0 Å². The van der Waals surface area contributed by atoms with Crippen LogP contribution in [0.1, 0.15) is 55.6 Å². The highest BCUT2D eigenvalue weighted by Crippen LogP contribution is 2.54. The standard InChI is InChI=1S/C18H25NO2/c1-5-21-16(20)12-7-6-8-14-13(12)11-15-17(2,3)18(14,4)9-10-19-15/h6-8,15,19H,5,9-11H2,1-4H3. The molecule has 1 fully saturated rings. The smallest absolute Gasteiger partial charge is 0.338 e. The van der Waals surface area contributed by atoms with Crippen LogP contribution in [0.5, 0.6) is 0 Å². The summed E-state index contributed by atoms with van der Waals surface area (Å²) in [6, 6.07) is 6.55. The fraction of sp³-hybridized carbons (Fsp3) is 0.611. The van der Waals surface area contributed by atoms with Gasteiger partial charge in [-0.2, -0.15) is 0 Å². The van der Waals surface area contributed by atoms with Crippen LogP contribution >= 0.6 is 0 Å². The number of piperidine rings is 1. The Kier molecular flexibility index (Phi) is 3.36. The maximum Gasteiger partial charge on any atom is 0.338 e. The van der Waals surface area contributed by atoms with Crippen LogP contribution in [0.4, 0.5) is 0 Å². The summed E-state index contributed by atoms with van der Waals surface area (Å²) in [5, 5.41) is 3.65. The van der Waals surface area contributed by atoms with Crippen molar-refractivity contribution in [3.8, 4) is 0 Å². The molecule has 0 spiro atoms. The highest BCUT2D eigenvalue weighted by atomic mass is 16.5. The third kappa shape index (κ3) is 1.94.